The standard InChI is InChI=1S/C18H36N2/c1-14(2)16-5-9-18(13-19,10-6-16)20-11-7-17(8-12-20)15(3)4/h14-17H,5-13,19H2,1-4H3. The fraction of sp³-hybridized carbons (Fsp3) is 1.00. The number of rotatable bonds is 4. The van der Waals surface area contributed by atoms with E-state index in [1.807, 2.05) is 0 Å². The highest BCUT2D eigenvalue weighted by molar-refractivity contribution is 4.97. The van der Waals surface area contributed by atoms with E-state index in [1.165, 1.54) is 51.6 Å². The van der Waals surface area contributed by atoms with E-state index in [4.69, 9.17) is 5.73 Å². The molecule has 1 aliphatic heterocycles. The van der Waals surface area contributed by atoms with Crippen molar-refractivity contribution >= 4 is 0 Å². The Hall–Kier alpha value is -0.0800. The molecule has 0 aromatic heterocycles. The third-order valence-electron chi connectivity index (χ3n) is 6.44. The molecule has 1 saturated heterocycles. The first kappa shape index (κ1) is 16.3. The van der Waals surface area contributed by atoms with Gasteiger partial charge >= 0.3 is 0 Å². The zero-order chi connectivity index (χ0) is 14.8. The molecule has 0 aromatic carbocycles. The van der Waals surface area contributed by atoms with Gasteiger partial charge in [-0.25, -0.2) is 0 Å². The SMILES string of the molecule is CC(C)C1CCN(C2(CN)CCC(C(C)C)CC2)CC1. The van der Waals surface area contributed by atoms with E-state index in [-0.39, 0.29) is 0 Å². The van der Waals surface area contributed by atoms with Crippen LogP contribution in [0, 0.1) is 23.7 Å². The van der Waals surface area contributed by atoms with E-state index < -0.39 is 0 Å². The predicted molar refractivity (Wildman–Crippen MR) is 87.7 cm³/mol. The van der Waals surface area contributed by atoms with Gasteiger partial charge in [0.05, 0.1) is 0 Å². The predicted octanol–water partition coefficient (Wildman–Crippen LogP) is 3.90. The molecule has 118 valence electrons. The maximum atomic E-state index is 6.24. The molecule has 0 unspecified atom stereocenters. The highest BCUT2D eigenvalue weighted by Crippen LogP contribution is 2.40. The molecule has 0 aromatic rings. The second kappa shape index (κ2) is 6.79. The second-order valence-electron chi connectivity index (χ2n) is 8.08. The second-order valence-corrected chi connectivity index (χ2v) is 8.08. The van der Waals surface area contributed by atoms with Gasteiger partial charge in [0.1, 0.15) is 0 Å². The van der Waals surface area contributed by atoms with Gasteiger partial charge in [0, 0.05) is 12.1 Å². The summed E-state index contributed by atoms with van der Waals surface area (Å²) in [5, 5.41) is 0. The van der Waals surface area contributed by atoms with Crippen LogP contribution in [-0.4, -0.2) is 30.1 Å². The van der Waals surface area contributed by atoms with Crippen LogP contribution in [0.2, 0.25) is 0 Å². The summed E-state index contributed by atoms with van der Waals surface area (Å²) in [7, 11) is 0. The number of piperidine rings is 1. The summed E-state index contributed by atoms with van der Waals surface area (Å²) in [6, 6.07) is 0. The molecule has 1 aliphatic carbocycles. The van der Waals surface area contributed by atoms with Crippen molar-refractivity contribution in [1.82, 2.24) is 4.90 Å². The van der Waals surface area contributed by atoms with E-state index in [0.29, 0.717) is 5.54 Å². The van der Waals surface area contributed by atoms with Crippen molar-refractivity contribution in [1.29, 1.82) is 0 Å². The van der Waals surface area contributed by atoms with Crippen LogP contribution in [0.4, 0.5) is 0 Å². The summed E-state index contributed by atoms with van der Waals surface area (Å²) in [5.74, 6) is 3.57. The molecule has 2 heteroatoms. The lowest BCUT2D eigenvalue weighted by molar-refractivity contribution is 0.00488. The van der Waals surface area contributed by atoms with Crippen LogP contribution >= 0.6 is 0 Å². The van der Waals surface area contributed by atoms with Crippen molar-refractivity contribution in [2.45, 2.75) is 71.8 Å². The summed E-state index contributed by atoms with van der Waals surface area (Å²) in [6.45, 7) is 13.0. The fourth-order valence-corrected chi connectivity index (χ4v) is 4.53. The molecule has 2 fully saturated rings. The monoisotopic (exact) mass is 280 g/mol. The van der Waals surface area contributed by atoms with E-state index >= 15 is 0 Å². The lowest BCUT2D eigenvalue weighted by Gasteiger charge is -2.51. The molecule has 20 heavy (non-hydrogen) atoms. The normalized spacial score (nSPS) is 34.0. The molecule has 2 rings (SSSR count). The van der Waals surface area contributed by atoms with Gasteiger partial charge < -0.3 is 5.73 Å². The van der Waals surface area contributed by atoms with Crippen molar-refractivity contribution in [3.8, 4) is 0 Å². The molecule has 0 amide bonds. The summed E-state index contributed by atoms with van der Waals surface area (Å²) in [5.41, 5.74) is 6.58. The van der Waals surface area contributed by atoms with Gasteiger partial charge in [0.15, 0.2) is 0 Å². The van der Waals surface area contributed by atoms with E-state index in [9.17, 15) is 0 Å². The molecule has 2 N–H and O–H groups in total. The van der Waals surface area contributed by atoms with Crippen LogP contribution < -0.4 is 5.73 Å². The average molecular weight is 280 g/mol. The summed E-state index contributed by atoms with van der Waals surface area (Å²) in [4.78, 5) is 2.77. The van der Waals surface area contributed by atoms with E-state index in [0.717, 1.165) is 30.2 Å². The average Bonchev–Trinajstić information content (AvgIpc) is 2.47. The quantitative estimate of drug-likeness (QED) is 0.846. The Kier molecular flexibility index (Phi) is 5.53. The minimum Gasteiger partial charge on any atom is -0.329 e. The molecule has 2 nitrogen and oxygen atoms in total. The Balaban J connectivity index is 1.93. The first-order valence-electron chi connectivity index (χ1n) is 8.93. The van der Waals surface area contributed by atoms with E-state index in [1.54, 1.807) is 0 Å². The number of hydrogen-bond donors (Lipinski definition) is 1. The molecule has 2 aliphatic rings. The molecular weight excluding hydrogens is 244 g/mol. The van der Waals surface area contributed by atoms with Crippen molar-refractivity contribution in [3.05, 3.63) is 0 Å². The van der Waals surface area contributed by atoms with Gasteiger partial charge in [0.2, 0.25) is 0 Å². The smallest absolute Gasteiger partial charge is 0.0331 e. The fourth-order valence-electron chi connectivity index (χ4n) is 4.53. The van der Waals surface area contributed by atoms with Gasteiger partial charge in [-0.05, 0) is 75.3 Å². The molecular formula is C18H36N2. The topological polar surface area (TPSA) is 29.3 Å². The Morgan fingerprint density at radius 3 is 1.75 bits per heavy atom. The third-order valence-corrected chi connectivity index (χ3v) is 6.44. The van der Waals surface area contributed by atoms with Gasteiger partial charge in [-0.3, -0.25) is 4.90 Å². The first-order valence-corrected chi connectivity index (χ1v) is 8.93. The minimum absolute atomic E-state index is 0.341. The molecule has 1 heterocycles. The summed E-state index contributed by atoms with van der Waals surface area (Å²) >= 11 is 0. The zero-order valence-electron chi connectivity index (χ0n) is 14.2. The molecule has 0 radical (unpaired) electrons. The van der Waals surface area contributed by atoms with Crippen molar-refractivity contribution in [2.24, 2.45) is 29.4 Å². The van der Waals surface area contributed by atoms with Crippen LogP contribution in [-0.2, 0) is 0 Å². The molecule has 1 saturated carbocycles. The van der Waals surface area contributed by atoms with E-state index in [2.05, 4.69) is 32.6 Å². The number of likely N-dealkylation sites (tertiary alicyclic amines) is 1. The summed E-state index contributed by atoms with van der Waals surface area (Å²) in [6.07, 6.45) is 8.20. The Bertz CT molecular complexity index is 282. The zero-order valence-corrected chi connectivity index (χ0v) is 14.2. The summed E-state index contributed by atoms with van der Waals surface area (Å²) < 4.78 is 0. The van der Waals surface area contributed by atoms with Crippen molar-refractivity contribution < 1.29 is 0 Å². The van der Waals surface area contributed by atoms with Crippen LogP contribution in [0.1, 0.15) is 66.2 Å². The molecule has 0 bridgehead atoms. The number of nitrogens with two attached hydrogens (primary N) is 1. The highest BCUT2D eigenvalue weighted by Gasteiger charge is 2.41. The van der Waals surface area contributed by atoms with Crippen molar-refractivity contribution in [3.63, 3.8) is 0 Å². The van der Waals surface area contributed by atoms with Gasteiger partial charge in [-0.2, -0.15) is 0 Å². The lowest BCUT2D eigenvalue weighted by atomic mass is 9.71. The van der Waals surface area contributed by atoms with Gasteiger partial charge in [-0.15, -0.1) is 0 Å². The van der Waals surface area contributed by atoms with Crippen LogP contribution in [0.15, 0.2) is 0 Å². The van der Waals surface area contributed by atoms with Crippen LogP contribution in [0.25, 0.3) is 0 Å². The number of nitrogens with zero attached hydrogens (tertiary/aromatic N) is 1. The molecule has 0 atom stereocenters. The van der Waals surface area contributed by atoms with Crippen LogP contribution in [0.5, 0.6) is 0 Å². The lowest BCUT2D eigenvalue weighted by Crippen LogP contribution is -2.58. The minimum atomic E-state index is 0.341. The van der Waals surface area contributed by atoms with Crippen LogP contribution in [0.3, 0.4) is 0 Å². The van der Waals surface area contributed by atoms with Crippen molar-refractivity contribution in [2.75, 3.05) is 19.6 Å². The first-order chi connectivity index (χ1) is 9.48. The third kappa shape index (κ3) is 3.39. The molecule has 0 spiro atoms. The number of hydrogen-bond acceptors (Lipinski definition) is 2. The van der Waals surface area contributed by atoms with Gasteiger partial charge in [-0.1, -0.05) is 27.7 Å². The Morgan fingerprint density at radius 2 is 1.35 bits per heavy atom. The van der Waals surface area contributed by atoms with Gasteiger partial charge in [0.25, 0.3) is 0 Å². The maximum absolute atomic E-state index is 6.24. The maximum Gasteiger partial charge on any atom is 0.0331 e. The largest absolute Gasteiger partial charge is 0.329 e. The Labute approximate surface area is 126 Å². The highest BCUT2D eigenvalue weighted by atomic mass is 15.2. The Morgan fingerprint density at radius 1 is 0.900 bits per heavy atom.